The molecule has 0 spiro atoms. The zero-order chi connectivity index (χ0) is 18.7. The summed E-state index contributed by atoms with van der Waals surface area (Å²) in [5.41, 5.74) is 13.7. The number of methoxy groups -OCH3 is 2. The maximum Gasteiger partial charge on any atom is 0.195 e. The Morgan fingerprint density at radius 2 is 1.77 bits per heavy atom. The van der Waals surface area contributed by atoms with Crippen LogP contribution in [-0.4, -0.2) is 25.8 Å². The highest BCUT2D eigenvalue weighted by molar-refractivity contribution is 5.88. The summed E-state index contributed by atoms with van der Waals surface area (Å²) in [5, 5.41) is 3.00. The molecule has 1 atom stereocenters. The molecule has 3 rings (SSSR count). The Hall–Kier alpha value is -3.06. The molecule has 2 aromatic rings. The van der Waals surface area contributed by atoms with Crippen LogP contribution in [0.2, 0.25) is 0 Å². The third kappa shape index (κ3) is 3.78. The molecule has 1 unspecified atom stereocenters. The molecule has 136 valence electrons. The van der Waals surface area contributed by atoms with Crippen molar-refractivity contribution >= 4 is 11.7 Å². The lowest BCUT2D eigenvalue weighted by molar-refractivity contribution is 0.354. The second-order valence-electron chi connectivity index (χ2n) is 6.06. The van der Waals surface area contributed by atoms with E-state index in [0.29, 0.717) is 23.6 Å². The molecule has 0 fully saturated rings. The summed E-state index contributed by atoms with van der Waals surface area (Å²) >= 11 is 0. The molecule has 1 aliphatic rings. The van der Waals surface area contributed by atoms with E-state index in [1.54, 1.807) is 32.4 Å². The van der Waals surface area contributed by atoms with Crippen LogP contribution in [0.15, 0.2) is 53.5 Å². The number of halogens is 1. The van der Waals surface area contributed by atoms with Crippen molar-refractivity contribution < 1.29 is 13.9 Å². The number of benzene rings is 2. The van der Waals surface area contributed by atoms with Gasteiger partial charge < -0.3 is 26.3 Å². The second-order valence-corrected chi connectivity index (χ2v) is 6.06. The van der Waals surface area contributed by atoms with Gasteiger partial charge in [-0.15, -0.1) is 0 Å². The van der Waals surface area contributed by atoms with Crippen molar-refractivity contribution in [3.05, 3.63) is 65.5 Å². The Morgan fingerprint density at radius 3 is 2.42 bits per heavy atom. The third-order valence-corrected chi connectivity index (χ3v) is 4.08. The molecule has 0 aromatic heterocycles. The molecule has 7 heteroatoms. The van der Waals surface area contributed by atoms with Crippen LogP contribution in [0.1, 0.15) is 11.1 Å². The molecule has 0 saturated carbocycles. The summed E-state index contributed by atoms with van der Waals surface area (Å²) in [5.74, 6) is 1.15. The van der Waals surface area contributed by atoms with Gasteiger partial charge in [-0.3, -0.25) is 0 Å². The topological polar surface area (TPSA) is 94.9 Å². The minimum atomic E-state index is -0.949. The smallest absolute Gasteiger partial charge is 0.195 e. The van der Waals surface area contributed by atoms with Gasteiger partial charge in [0.25, 0.3) is 0 Å². The lowest BCUT2D eigenvalue weighted by Gasteiger charge is -2.32. The first-order chi connectivity index (χ1) is 12.4. The summed E-state index contributed by atoms with van der Waals surface area (Å²) in [6.45, 7) is 0. The number of nitrogens with two attached hydrogens (primary N) is 2. The van der Waals surface area contributed by atoms with Crippen molar-refractivity contribution in [2.45, 2.75) is 12.1 Å². The van der Waals surface area contributed by atoms with Crippen molar-refractivity contribution in [3.63, 3.8) is 0 Å². The molecule has 0 bridgehead atoms. The summed E-state index contributed by atoms with van der Waals surface area (Å²) in [6, 6.07) is 11.6. The van der Waals surface area contributed by atoms with Crippen molar-refractivity contribution in [2.75, 3.05) is 14.2 Å². The number of nitrogens with one attached hydrogen (secondary N) is 1. The van der Waals surface area contributed by atoms with Gasteiger partial charge in [-0.25, -0.2) is 9.38 Å². The Balaban J connectivity index is 1.91. The zero-order valence-electron chi connectivity index (χ0n) is 14.6. The van der Waals surface area contributed by atoms with Crippen molar-refractivity contribution in [2.24, 2.45) is 16.5 Å². The predicted octanol–water partition coefficient (Wildman–Crippen LogP) is 2.00. The summed E-state index contributed by atoms with van der Waals surface area (Å²) in [4.78, 5) is 4.28. The lowest BCUT2D eigenvalue weighted by atomic mass is 9.96. The van der Waals surface area contributed by atoms with Crippen molar-refractivity contribution in [1.82, 2.24) is 5.32 Å². The maximum absolute atomic E-state index is 13.2. The quantitative estimate of drug-likeness (QED) is 0.762. The molecule has 0 saturated heterocycles. The van der Waals surface area contributed by atoms with Crippen LogP contribution >= 0.6 is 0 Å². The fourth-order valence-corrected chi connectivity index (χ4v) is 2.90. The average molecular weight is 356 g/mol. The van der Waals surface area contributed by atoms with Crippen LogP contribution in [0.25, 0.3) is 5.70 Å². The van der Waals surface area contributed by atoms with E-state index in [4.69, 9.17) is 20.9 Å². The van der Waals surface area contributed by atoms with Gasteiger partial charge >= 0.3 is 0 Å². The molecule has 0 radical (unpaired) electrons. The Labute approximate surface area is 151 Å². The second kappa shape index (κ2) is 7.05. The standard InChI is InChI=1S/C19H21FN4O2/c1-25-16-8-3-12(9-17(16)26-2)10-19(22)11-15(23-18(21)24-19)13-4-6-14(20)7-5-13/h3-9,11H,10,22H2,1-2H3,(H3,21,23,24). The van der Waals surface area contributed by atoms with Gasteiger partial charge in [0.1, 0.15) is 11.5 Å². The fourth-order valence-electron chi connectivity index (χ4n) is 2.90. The van der Waals surface area contributed by atoms with Gasteiger partial charge in [0.05, 0.1) is 19.9 Å². The lowest BCUT2D eigenvalue weighted by Crippen LogP contribution is -2.59. The molecule has 5 N–H and O–H groups in total. The van der Waals surface area contributed by atoms with E-state index in [2.05, 4.69) is 10.3 Å². The third-order valence-electron chi connectivity index (χ3n) is 4.08. The Morgan fingerprint density at radius 1 is 1.08 bits per heavy atom. The molecule has 2 aromatic carbocycles. The molecule has 1 heterocycles. The summed E-state index contributed by atoms with van der Waals surface area (Å²) in [7, 11) is 3.16. The van der Waals surface area contributed by atoms with E-state index in [0.717, 1.165) is 11.1 Å². The van der Waals surface area contributed by atoms with E-state index < -0.39 is 5.66 Å². The normalized spacial score (nSPS) is 19.2. The monoisotopic (exact) mass is 356 g/mol. The number of hydrogen-bond donors (Lipinski definition) is 3. The largest absolute Gasteiger partial charge is 0.493 e. The highest BCUT2D eigenvalue weighted by atomic mass is 19.1. The fraction of sp³-hybridized carbons (Fsp3) is 0.211. The van der Waals surface area contributed by atoms with Gasteiger partial charge in [-0.1, -0.05) is 6.07 Å². The molecule has 26 heavy (non-hydrogen) atoms. The first kappa shape index (κ1) is 17.8. The van der Waals surface area contributed by atoms with E-state index >= 15 is 0 Å². The van der Waals surface area contributed by atoms with Gasteiger partial charge in [-0.05, 0) is 48.0 Å². The summed E-state index contributed by atoms with van der Waals surface area (Å²) < 4.78 is 23.8. The van der Waals surface area contributed by atoms with Crippen molar-refractivity contribution in [3.8, 4) is 11.5 Å². The van der Waals surface area contributed by atoms with Crippen LogP contribution in [0, 0.1) is 5.82 Å². The van der Waals surface area contributed by atoms with Gasteiger partial charge in [0.2, 0.25) is 0 Å². The molecular weight excluding hydrogens is 335 g/mol. The minimum Gasteiger partial charge on any atom is -0.493 e. The van der Waals surface area contributed by atoms with E-state index in [1.807, 2.05) is 18.2 Å². The molecule has 6 nitrogen and oxygen atoms in total. The van der Waals surface area contributed by atoms with Gasteiger partial charge in [0, 0.05) is 12.0 Å². The van der Waals surface area contributed by atoms with Gasteiger partial charge in [-0.2, -0.15) is 0 Å². The number of guanidine groups is 1. The summed E-state index contributed by atoms with van der Waals surface area (Å²) in [6.07, 6.45) is 2.22. The number of hydrogen-bond acceptors (Lipinski definition) is 6. The average Bonchev–Trinajstić information content (AvgIpc) is 2.61. The van der Waals surface area contributed by atoms with Crippen LogP contribution in [0.5, 0.6) is 11.5 Å². The molecule has 1 aliphatic heterocycles. The first-order valence-electron chi connectivity index (χ1n) is 8.03. The highest BCUT2D eigenvalue weighted by Crippen LogP contribution is 2.30. The number of ether oxygens (including phenoxy) is 2. The van der Waals surface area contributed by atoms with Crippen LogP contribution in [-0.2, 0) is 6.42 Å². The number of aliphatic imine (C=N–C) groups is 1. The van der Waals surface area contributed by atoms with Crippen LogP contribution in [0.4, 0.5) is 4.39 Å². The van der Waals surface area contributed by atoms with E-state index in [9.17, 15) is 4.39 Å². The number of nitrogens with zero attached hydrogens (tertiary/aromatic N) is 1. The maximum atomic E-state index is 13.2. The number of rotatable bonds is 5. The van der Waals surface area contributed by atoms with Crippen LogP contribution in [0.3, 0.4) is 0 Å². The SMILES string of the molecule is COc1ccc(CC2(N)C=C(c3ccc(F)cc3)N=C(N)N2)cc1OC. The molecular formula is C19H21FN4O2. The van der Waals surface area contributed by atoms with Crippen molar-refractivity contribution in [1.29, 1.82) is 0 Å². The van der Waals surface area contributed by atoms with Gasteiger partial charge in [0.15, 0.2) is 17.5 Å². The minimum absolute atomic E-state index is 0.204. The first-order valence-corrected chi connectivity index (χ1v) is 8.03. The van der Waals surface area contributed by atoms with E-state index in [1.165, 1.54) is 12.1 Å². The Bertz CT molecular complexity index is 864. The predicted molar refractivity (Wildman–Crippen MR) is 99.3 cm³/mol. The molecule has 0 aliphatic carbocycles. The Kier molecular flexibility index (Phi) is 4.81. The van der Waals surface area contributed by atoms with E-state index in [-0.39, 0.29) is 11.8 Å². The highest BCUT2D eigenvalue weighted by Gasteiger charge is 2.28. The molecule has 0 amide bonds. The van der Waals surface area contributed by atoms with Crippen LogP contribution < -0.4 is 26.3 Å². The zero-order valence-corrected chi connectivity index (χ0v) is 14.6.